The third kappa shape index (κ3) is 1.54. The van der Waals surface area contributed by atoms with Gasteiger partial charge in [-0.3, -0.25) is 0 Å². The average Bonchev–Trinajstić information content (AvgIpc) is 2.45. The minimum Gasteiger partial charge on any atom is -0.223 e. The van der Waals surface area contributed by atoms with Gasteiger partial charge in [-0.15, -0.1) is 11.3 Å². The Hall–Kier alpha value is -1.01. The molecular weight excluding hydrogens is 213 g/mol. The Kier molecular flexibility index (Phi) is 1.81. The van der Waals surface area contributed by atoms with Crippen LogP contribution in [-0.4, -0.2) is 13.4 Å². The third-order valence-corrected chi connectivity index (χ3v) is 3.67. The van der Waals surface area contributed by atoms with Gasteiger partial charge in [0.15, 0.2) is 0 Å². The first kappa shape index (κ1) is 8.58. The van der Waals surface area contributed by atoms with Crippen LogP contribution in [0.25, 0.3) is 10.2 Å². The molecule has 0 saturated heterocycles. The molecule has 1 heterocycles. The van der Waals surface area contributed by atoms with E-state index in [1.165, 1.54) is 0 Å². The highest BCUT2D eigenvalue weighted by atomic mass is 32.3. The second-order valence-corrected chi connectivity index (χ2v) is 4.94. The fourth-order valence-corrected chi connectivity index (χ4v) is 2.53. The summed E-state index contributed by atoms with van der Waals surface area (Å²) < 4.78 is 33.6. The van der Waals surface area contributed by atoms with Crippen LogP contribution in [0.5, 0.6) is 0 Å². The maximum absolute atomic E-state index is 12.5. The number of benzene rings is 1. The Morgan fingerprint density at radius 3 is 2.62 bits per heavy atom. The van der Waals surface area contributed by atoms with Gasteiger partial charge in [-0.2, -0.15) is 8.42 Å². The first-order valence-corrected chi connectivity index (χ1v) is 5.57. The van der Waals surface area contributed by atoms with Crippen LogP contribution >= 0.6 is 11.3 Å². The average molecular weight is 217 g/mol. The van der Waals surface area contributed by atoms with Gasteiger partial charge >= 0.3 is 10.2 Å². The summed E-state index contributed by atoms with van der Waals surface area (Å²) in [6, 6.07) is 6.80. The highest BCUT2D eigenvalue weighted by molar-refractivity contribution is 7.88. The Balaban J connectivity index is 2.77. The van der Waals surface area contributed by atoms with E-state index in [1.54, 1.807) is 24.3 Å². The largest absolute Gasteiger partial charge is 0.359 e. The molecule has 0 aliphatic heterocycles. The summed E-state index contributed by atoms with van der Waals surface area (Å²) >= 11 is 0.830. The maximum Gasteiger partial charge on any atom is 0.359 e. The van der Waals surface area contributed by atoms with E-state index < -0.39 is 14.6 Å². The van der Waals surface area contributed by atoms with Gasteiger partial charge in [0.05, 0.1) is 10.2 Å². The summed E-state index contributed by atoms with van der Waals surface area (Å²) in [4.78, 5) is 3.64. The Morgan fingerprint density at radius 2 is 2.00 bits per heavy atom. The lowest BCUT2D eigenvalue weighted by Gasteiger charge is -1.81. The van der Waals surface area contributed by atoms with Crippen LogP contribution in [0.4, 0.5) is 3.89 Å². The van der Waals surface area contributed by atoms with E-state index in [1.807, 2.05) is 0 Å². The zero-order chi connectivity index (χ0) is 9.47. The predicted octanol–water partition coefficient (Wildman–Crippen LogP) is 1.95. The summed E-state index contributed by atoms with van der Waals surface area (Å²) in [5.74, 6) is 0. The van der Waals surface area contributed by atoms with Crippen molar-refractivity contribution in [3.63, 3.8) is 0 Å². The van der Waals surface area contributed by atoms with Gasteiger partial charge in [0.25, 0.3) is 0 Å². The number of thiazole rings is 1. The molecule has 0 amide bonds. The van der Waals surface area contributed by atoms with Crippen molar-refractivity contribution in [2.75, 3.05) is 0 Å². The molecule has 1 aromatic heterocycles. The molecule has 0 aliphatic rings. The van der Waals surface area contributed by atoms with Crippen molar-refractivity contribution in [1.29, 1.82) is 0 Å². The number of rotatable bonds is 1. The molecule has 1 aromatic carbocycles. The van der Waals surface area contributed by atoms with E-state index in [0.717, 1.165) is 11.3 Å². The van der Waals surface area contributed by atoms with Crippen LogP contribution in [0.3, 0.4) is 0 Å². The monoisotopic (exact) mass is 217 g/mol. The van der Waals surface area contributed by atoms with Crippen molar-refractivity contribution < 1.29 is 12.3 Å². The van der Waals surface area contributed by atoms with Crippen molar-refractivity contribution in [3.05, 3.63) is 24.3 Å². The summed E-state index contributed by atoms with van der Waals surface area (Å²) in [7, 11) is -4.66. The molecule has 0 saturated carbocycles. The van der Waals surface area contributed by atoms with E-state index in [2.05, 4.69) is 4.98 Å². The van der Waals surface area contributed by atoms with Crippen LogP contribution in [0.2, 0.25) is 0 Å². The van der Waals surface area contributed by atoms with E-state index in [0.29, 0.717) is 10.2 Å². The van der Waals surface area contributed by atoms with Crippen molar-refractivity contribution in [1.82, 2.24) is 4.98 Å². The molecule has 0 N–H and O–H groups in total. The standard InChI is InChI=1S/C7H4FNO2S2/c8-13(10,11)7-9-5-3-1-2-4-6(5)12-7/h1-4H. The topological polar surface area (TPSA) is 47.0 Å². The van der Waals surface area contributed by atoms with Gasteiger partial charge in [-0.1, -0.05) is 16.0 Å². The van der Waals surface area contributed by atoms with E-state index in [-0.39, 0.29) is 0 Å². The second-order valence-electron chi connectivity index (χ2n) is 2.39. The third-order valence-electron chi connectivity index (χ3n) is 1.48. The quantitative estimate of drug-likeness (QED) is 0.686. The van der Waals surface area contributed by atoms with Gasteiger partial charge in [-0.05, 0) is 12.1 Å². The van der Waals surface area contributed by atoms with Gasteiger partial charge in [0.1, 0.15) is 0 Å². The Morgan fingerprint density at radius 1 is 1.31 bits per heavy atom. The molecule has 0 unspecified atom stereocenters. The van der Waals surface area contributed by atoms with Crippen molar-refractivity contribution in [2.45, 2.75) is 4.34 Å². The fraction of sp³-hybridized carbons (Fsp3) is 0. The molecule has 3 nitrogen and oxygen atoms in total. The molecule has 68 valence electrons. The molecule has 0 spiro atoms. The smallest absolute Gasteiger partial charge is 0.223 e. The SMILES string of the molecule is O=S(=O)(F)c1nc2ccccc2s1. The molecule has 0 radical (unpaired) electrons. The number of aromatic nitrogens is 1. The van der Waals surface area contributed by atoms with Gasteiger partial charge in [-0.25, -0.2) is 4.98 Å². The summed E-state index contributed by atoms with van der Waals surface area (Å²) in [6.45, 7) is 0. The highest BCUT2D eigenvalue weighted by Crippen LogP contribution is 2.25. The molecule has 0 bridgehead atoms. The molecule has 2 aromatic rings. The van der Waals surface area contributed by atoms with Crippen LogP contribution in [-0.2, 0) is 10.2 Å². The lowest BCUT2D eigenvalue weighted by molar-refractivity contribution is 0.551. The molecule has 0 fully saturated rings. The first-order valence-electron chi connectivity index (χ1n) is 3.37. The number of hydrogen-bond donors (Lipinski definition) is 0. The highest BCUT2D eigenvalue weighted by Gasteiger charge is 2.17. The van der Waals surface area contributed by atoms with E-state index in [9.17, 15) is 12.3 Å². The number of hydrogen-bond acceptors (Lipinski definition) is 4. The number of para-hydroxylation sites is 1. The number of nitrogens with zero attached hydrogens (tertiary/aromatic N) is 1. The van der Waals surface area contributed by atoms with Crippen molar-refractivity contribution >= 4 is 31.8 Å². The number of halogens is 1. The van der Waals surface area contributed by atoms with Crippen LogP contribution in [0.15, 0.2) is 28.6 Å². The molecule has 0 aliphatic carbocycles. The molecule has 2 rings (SSSR count). The maximum atomic E-state index is 12.5. The zero-order valence-corrected chi connectivity index (χ0v) is 7.90. The minimum absolute atomic E-state index is 0.478. The normalized spacial score (nSPS) is 12.1. The zero-order valence-electron chi connectivity index (χ0n) is 6.27. The van der Waals surface area contributed by atoms with E-state index in [4.69, 9.17) is 0 Å². The summed E-state index contributed by atoms with van der Waals surface area (Å²) in [6.07, 6.45) is 0. The molecule has 0 atom stereocenters. The minimum atomic E-state index is -4.66. The van der Waals surface area contributed by atoms with Crippen LogP contribution < -0.4 is 0 Å². The van der Waals surface area contributed by atoms with Gasteiger partial charge in [0.2, 0.25) is 4.34 Å². The van der Waals surface area contributed by atoms with Gasteiger partial charge in [0, 0.05) is 0 Å². The van der Waals surface area contributed by atoms with Crippen molar-refractivity contribution in [2.24, 2.45) is 0 Å². The summed E-state index contributed by atoms with van der Waals surface area (Å²) in [5, 5.41) is 0. The Bertz CT molecular complexity index is 513. The van der Waals surface area contributed by atoms with Crippen molar-refractivity contribution in [3.8, 4) is 0 Å². The molecular formula is C7H4FNO2S2. The van der Waals surface area contributed by atoms with Gasteiger partial charge < -0.3 is 0 Å². The predicted molar refractivity (Wildman–Crippen MR) is 47.9 cm³/mol. The summed E-state index contributed by atoms with van der Waals surface area (Å²) in [5.41, 5.74) is 0.503. The van der Waals surface area contributed by atoms with E-state index >= 15 is 0 Å². The lowest BCUT2D eigenvalue weighted by Crippen LogP contribution is -1.88. The fourth-order valence-electron chi connectivity index (χ4n) is 0.955. The molecule has 6 heteroatoms. The second kappa shape index (κ2) is 2.74. The van der Waals surface area contributed by atoms with Crippen LogP contribution in [0.1, 0.15) is 0 Å². The first-order chi connectivity index (χ1) is 6.07. The number of fused-ring (bicyclic) bond motifs is 1. The lowest BCUT2D eigenvalue weighted by atomic mass is 10.3. The van der Waals surface area contributed by atoms with Crippen LogP contribution in [0, 0.1) is 0 Å². The molecule has 13 heavy (non-hydrogen) atoms. The Labute approximate surface area is 78.1 Å².